The maximum Gasteiger partial charge on any atom is 0.0625 e. The maximum atomic E-state index is 6.31. The molecule has 2 aliphatic rings. The van der Waals surface area contributed by atoms with Crippen molar-refractivity contribution in [2.24, 2.45) is 0 Å². The first-order chi connectivity index (χ1) is 9.34. The number of hydrogen-bond acceptors (Lipinski definition) is 2. The van der Waals surface area contributed by atoms with Crippen LogP contribution in [0.25, 0.3) is 0 Å². The molecule has 0 saturated carbocycles. The lowest BCUT2D eigenvalue weighted by molar-refractivity contribution is -0.000328. The van der Waals surface area contributed by atoms with E-state index in [1.54, 1.807) is 0 Å². The van der Waals surface area contributed by atoms with Crippen molar-refractivity contribution in [1.29, 1.82) is 0 Å². The fourth-order valence-corrected chi connectivity index (χ4v) is 3.68. The molecule has 0 N–H and O–H groups in total. The van der Waals surface area contributed by atoms with E-state index in [4.69, 9.17) is 11.6 Å². The molecular weight excluding hydrogens is 256 g/mol. The van der Waals surface area contributed by atoms with E-state index in [0.717, 1.165) is 11.6 Å². The SMILES string of the molecule is Clc1ccccc1CN1CCCN2CCCCCC21. The molecule has 0 bridgehead atoms. The zero-order chi connectivity index (χ0) is 13.1. The first-order valence-corrected chi connectivity index (χ1v) is 7.94. The van der Waals surface area contributed by atoms with Gasteiger partial charge >= 0.3 is 0 Å². The van der Waals surface area contributed by atoms with Gasteiger partial charge in [-0.3, -0.25) is 9.80 Å². The number of rotatable bonds is 2. The standard InChI is InChI=1S/C16H23ClN2/c17-15-8-4-3-7-14(15)13-19-12-6-11-18-10-5-1-2-9-16(18)19/h3-4,7-8,16H,1-2,5-6,9-13H2. The molecule has 1 aromatic rings. The van der Waals surface area contributed by atoms with Crippen LogP contribution in [0.2, 0.25) is 5.02 Å². The third-order valence-corrected chi connectivity index (χ3v) is 4.84. The lowest BCUT2D eigenvalue weighted by Crippen LogP contribution is -2.52. The minimum atomic E-state index is 0.646. The van der Waals surface area contributed by atoms with Gasteiger partial charge in [-0.05, 0) is 37.4 Å². The highest BCUT2D eigenvalue weighted by Crippen LogP contribution is 2.27. The van der Waals surface area contributed by atoms with Crippen molar-refractivity contribution in [2.75, 3.05) is 19.6 Å². The smallest absolute Gasteiger partial charge is 0.0625 e. The summed E-state index contributed by atoms with van der Waals surface area (Å²) in [4.78, 5) is 5.32. The first-order valence-electron chi connectivity index (χ1n) is 7.56. The molecule has 2 nitrogen and oxygen atoms in total. The van der Waals surface area contributed by atoms with E-state index in [2.05, 4.69) is 21.9 Å². The van der Waals surface area contributed by atoms with Crippen LogP contribution in [0, 0.1) is 0 Å². The molecule has 104 valence electrons. The Balaban J connectivity index is 1.74. The zero-order valence-corrected chi connectivity index (χ0v) is 12.3. The van der Waals surface area contributed by atoms with Crippen molar-refractivity contribution in [3.05, 3.63) is 34.9 Å². The Morgan fingerprint density at radius 3 is 2.74 bits per heavy atom. The van der Waals surface area contributed by atoms with Crippen LogP contribution in [0.1, 0.15) is 37.7 Å². The highest BCUT2D eigenvalue weighted by molar-refractivity contribution is 6.31. The summed E-state index contributed by atoms with van der Waals surface area (Å²) in [6.07, 6.45) is 7.40. The Kier molecular flexibility index (Phi) is 4.42. The molecule has 0 amide bonds. The second-order valence-corrected chi connectivity index (χ2v) is 6.19. The molecule has 0 spiro atoms. The number of hydrogen-bond donors (Lipinski definition) is 0. The Labute approximate surface area is 121 Å². The van der Waals surface area contributed by atoms with Gasteiger partial charge in [-0.15, -0.1) is 0 Å². The van der Waals surface area contributed by atoms with Gasteiger partial charge in [-0.25, -0.2) is 0 Å². The molecule has 1 unspecified atom stereocenters. The number of benzene rings is 1. The van der Waals surface area contributed by atoms with E-state index >= 15 is 0 Å². The Bertz CT molecular complexity index is 421. The summed E-state index contributed by atoms with van der Waals surface area (Å²) in [6, 6.07) is 8.28. The molecular formula is C16H23ClN2. The van der Waals surface area contributed by atoms with Crippen molar-refractivity contribution in [1.82, 2.24) is 9.80 Å². The summed E-state index contributed by atoms with van der Waals surface area (Å²) >= 11 is 6.31. The number of halogens is 1. The topological polar surface area (TPSA) is 6.48 Å². The normalized spacial score (nSPS) is 25.8. The highest BCUT2D eigenvalue weighted by Gasteiger charge is 2.30. The molecule has 1 atom stereocenters. The molecule has 1 aromatic carbocycles. The van der Waals surface area contributed by atoms with E-state index in [1.165, 1.54) is 57.3 Å². The van der Waals surface area contributed by atoms with E-state index < -0.39 is 0 Å². The molecule has 19 heavy (non-hydrogen) atoms. The van der Waals surface area contributed by atoms with Crippen LogP contribution in [-0.2, 0) is 6.54 Å². The summed E-state index contributed by atoms with van der Waals surface area (Å²) in [5.74, 6) is 0. The van der Waals surface area contributed by atoms with Crippen LogP contribution in [0.15, 0.2) is 24.3 Å². The largest absolute Gasteiger partial charge is 0.288 e. The van der Waals surface area contributed by atoms with Gasteiger partial charge in [-0.2, -0.15) is 0 Å². The Morgan fingerprint density at radius 2 is 1.84 bits per heavy atom. The monoisotopic (exact) mass is 278 g/mol. The summed E-state index contributed by atoms with van der Waals surface area (Å²) in [5, 5.41) is 0.910. The van der Waals surface area contributed by atoms with Gasteiger partial charge in [0.15, 0.2) is 0 Å². The van der Waals surface area contributed by atoms with E-state index in [1.807, 2.05) is 12.1 Å². The lowest BCUT2D eigenvalue weighted by atomic mass is 10.1. The third-order valence-electron chi connectivity index (χ3n) is 4.47. The van der Waals surface area contributed by atoms with Gasteiger partial charge in [0.05, 0.1) is 6.17 Å². The van der Waals surface area contributed by atoms with Gasteiger partial charge in [-0.1, -0.05) is 42.6 Å². The fourth-order valence-electron chi connectivity index (χ4n) is 3.48. The third kappa shape index (κ3) is 3.13. The minimum Gasteiger partial charge on any atom is -0.288 e. The van der Waals surface area contributed by atoms with Crippen molar-refractivity contribution < 1.29 is 0 Å². The average Bonchev–Trinajstić information content (AvgIpc) is 2.67. The number of fused-ring (bicyclic) bond motifs is 1. The van der Waals surface area contributed by atoms with Crippen molar-refractivity contribution in [2.45, 2.75) is 44.8 Å². The van der Waals surface area contributed by atoms with Crippen LogP contribution in [0.5, 0.6) is 0 Å². The van der Waals surface area contributed by atoms with Crippen LogP contribution in [0.3, 0.4) is 0 Å². The minimum absolute atomic E-state index is 0.646. The second kappa shape index (κ2) is 6.25. The summed E-state index contributed by atoms with van der Waals surface area (Å²) < 4.78 is 0. The first kappa shape index (κ1) is 13.4. The van der Waals surface area contributed by atoms with Crippen molar-refractivity contribution >= 4 is 11.6 Å². The highest BCUT2D eigenvalue weighted by atomic mass is 35.5. The maximum absolute atomic E-state index is 6.31. The molecule has 3 heteroatoms. The second-order valence-electron chi connectivity index (χ2n) is 5.78. The molecule has 2 saturated heterocycles. The molecule has 2 fully saturated rings. The molecule has 2 aliphatic heterocycles. The van der Waals surface area contributed by atoms with Crippen LogP contribution in [0.4, 0.5) is 0 Å². The van der Waals surface area contributed by atoms with Gasteiger partial charge < -0.3 is 0 Å². The van der Waals surface area contributed by atoms with E-state index in [-0.39, 0.29) is 0 Å². The van der Waals surface area contributed by atoms with Crippen LogP contribution >= 0.6 is 11.6 Å². The van der Waals surface area contributed by atoms with Crippen LogP contribution in [-0.4, -0.2) is 35.6 Å². The summed E-state index contributed by atoms with van der Waals surface area (Å²) in [6.45, 7) is 4.78. The summed E-state index contributed by atoms with van der Waals surface area (Å²) in [5.41, 5.74) is 1.27. The van der Waals surface area contributed by atoms with Gasteiger partial charge in [0, 0.05) is 24.7 Å². The number of nitrogens with zero attached hydrogens (tertiary/aromatic N) is 2. The molecule has 2 heterocycles. The Morgan fingerprint density at radius 1 is 1.00 bits per heavy atom. The van der Waals surface area contributed by atoms with Gasteiger partial charge in [0.1, 0.15) is 0 Å². The van der Waals surface area contributed by atoms with Crippen molar-refractivity contribution in [3.8, 4) is 0 Å². The van der Waals surface area contributed by atoms with E-state index in [9.17, 15) is 0 Å². The lowest BCUT2D eigenvalue weighted by Gasteiger charge is -2.43. The fraction of sp³-hybridized carbons (Fsp3) is 0.625. The predicted molar refractivity (Wildman–Crippen MR) is 80.3 cm³/mol. The average molecular weight is 279 g/mol. The molecule has 0 aliphatic carbocycles. The van der Waals surface area contributed by atoms with Crippen molar-refractivity contribution in [3.63, 3.8) is 0 Å². The Hall–Kier alpha value is -0.570. The quantitative estimate of drug-likeness (QED) is 0.813. The molecule has 0 radical (unpaired) electrons. The molecule has 3 rings (SSSR count). The van der Waals surface area contributed by atoms with Gasteiger partial charge in [0.25, 0.3) is 0 Å². The summed E-state index contributed by atoms with van der Waals surface area (Å²) in [7, 11) is 0. The predicted octanol–water partition coefficient (Wildman–Crippen LogP) is 3.75. The zero-order valence-electron chi connectivity index (χ0n) is 11.5. The van der Waals surface area contributed by atoms with E-state index in [0.29, 0.717) is 6.17 Å². The van der Waals surface area contributed by atoms with Gasteiger partial charge in [0.2, 0.25) is 0 Å². The molecule has 0 aromatic heterocycles. The van der Waals surface area contributed by atoms with Crippen LogP contribution < -0.4 is 0 Å².